The van der Waals surface area contributed by atoms with Gasteiger partial charge in [0.1, 0.15) is 11.5 Å². The van der Waals surface area contributed by atoms with Crippen LogP contribution < -0.4 is 9.47 Å². The molecule has 0 amide bonds. The van der Waals surface area contributed by atoms with E-state index in [1.807, 2.05) is 48.5 Å². The third kappa shape index (κ3) is 2.38. The van der Waals surface area contributed by atoms with E-state index in [9.17, 15) is 0 Å². The monoisotopic (exact) mass is 240 g/mol. The molecule has 0 fully saturated rings. The van der Waals surface area contributed by atoms with E-state index in [0.29, 0.717) is 0 Å². The van der Waals surface area contributed by atoms with Crippen molar-refractivity contribution in [2.45, 2.75) is 0 Å². The van der Waals surface area contributed by atoms with Crippen LogP contribution in [0.1, 0.15) is 5.56 Å². The summed E-state index contributed by atoms with van der Waals surface area (Å²) in [6.07, 6.45) is 1.84. The molecule has 0 saturated heterocycles. The molecule has 0 aromatic heterocycles. The third-order valence-electron chi connectivity index (χ3n) is 2.88. The first-order valence-electron chi connectivity index (χ1n) is 5.73. The van der Waals surface area contributed by atoms with E-state index in [4.69, 9.17) is 9.47 Å². The van der Waals surface area contributed by atoms with Crippen molar-refractivity contribution in [3.63, 3.8) is 0 Å². The fraction of sp³-hybridized carbons (Fsp3) is 0.125. The van der Waals surface area contributed by atoms with Crippen LogP contribution in [-0.4, -0.2) is 14.2 Å². The second-order valence-electron chi connectivity index (χ2n) is 3.89. The van der Waals surface area contributed by atoms with E-state index >= 15 is 0 Å². The van der Waals surface area contributed by atoms with Crippen LogP contribution in [0.3, 0.4) is 0 Å². The summed E-state index contributed by atoms with van der Waals surface area (Å²) >= 11 is 0. The lowest BCUT2D eigenvalue weighted by atomic mass is 9.99. The Balaban J connectivity index is 2.45. The Hall–Kier alpha value is -2.22. The van der Waals surface area contributed by atoms with E-state index in [1.165, 1.54) is 0 Å². The predicted octanol–water partition coefficient (Wildman–Crippen LogP) is 4.01. The number of hydrogen-bond donors (Lipinski definition) is 0. The molecule has 0 aliphatic carbocycles. The van der Waals surface area contributed by atoms with Gasteiger partial charge in [-0.15, -0.1) is 0 Å². The number of hydrogen-bond acceptors (Lipinski definition) is 2. The number of methoxy groups -OCH3 is 2. The SMILES string of the molecule is C=Cc1cc(OC)ccc1-c1ccc(OC)cc1. The third-order valence-corrected chi connectivity index (χ3v) is 2.88. The minimum Gasteiger partial charge on any atom is -0.497 e. The Labute approximate surface area is 107 Å². The Bertz CT molecular complexity index is 542. The number of benzene rings is 2. The maximum Gasteiger partial charge on any atom is 0.119 e. The van der Waals surface area contributed by atoms with Crippen LogP contribution in [0.15, 0.2) is 49.0 Å². The molecule has 2 heteroatoms. The molecule has 18 heavy (non-hydrogen) atoms. The van der Waals surface area contributed by atoms with Gasteiger partial charge in [-0.05, 0) is 41.0 Å². The lowest BCUT2D eigenvalue weighted by molar-refractivity contribution is 0.414. The maximum absolute atomic E-state index is 5.22. The maximum atomic E-state index is 5.22. The molecule has 0 aliphatic rings. The zero-order valence-corrected chi connectivity index (χ0v) is 10.6. The molecule has 2 aromatic rings. The van der Waals surface area contributed by atoms with Gasteiger partial charge in [-0.1, -0.05) is 30.9 Å². The molecule has 0 spiro atoms. The zero-order valence-electron chi connectivity index (χ0n) is 10.6. The van der Waals surface area contributed by atoms with E-state index < -0.39 is 0 Å². The first-order valence-corrected chi connectivity index (χ1v) is 5.73. The molecule has 0 bridgehead atoms. The first kappa shape index (κ1) is 12.2. The van der Waals surface area contributed by atoms with Crippen molar-refractivity contribution in [3.8, 4) is 22.6 Å². The summed E-state index contributed by atoms with van der Waals surface area (Å²) in [7, 11) is 3.33. The molecule has 0 heterocycles. The van der Waals surface area contributed by atoms with Gasteiger partial charge in [-0.3, -0.25) is 0 Å². The van der Waals surface area contributed by atoms with Crippen LogP contribution in [0.5, 0.6) is 11.5 Å². The van der Waals surface area contributed by atoms with Gasteiger partial charge >= 0.3 is 0 Å². The molecule has 0 atom stereocenters. The molecule has 0 aliphatic heterocycles. The van der Waals surface area contributed by atoms with Gasteiger partial charge in [0.25, 0.3) is 0 Å². The van der Waals surface area contributed by atoms with Crippen LogP contribution in [0.4, 0.5) is 0 Å². The normalized spacial score (nSPS) is 9.89. The molecule has 0 radical (unpaired) electrons. The van der Waals surface area contributed by atoms with Gasteiger partial charge in [0, 0.05) is 0 Å². The molecule has 0 saturated carbocycles. The Morgan fingerprint density at radius 1 is 0.889 bits per heavy atom. The fourth-order valence-electron chi connectivity index (χ4n) is 1.87. The topological polar surface area (TPSA) is 18.5 Å². The minimum absolute atomic E-state index is 0.835. The summed E-state index contributed by atoms with van der Waals surface area (Å²) < 4.78 is 10.4. The lowest BCUT2D eigenvalue weighted by Crippen LogP contribution is -1.88. The Morgan fingerprint density at radius 2 is 1.50 bits per heavy atom. The second kappa shape index (κ2) is 5.41. The minimum atomic E-state index is 0.835. The van der Waals surface area contributed by atoms with Crippen molar-refractivity contribution in [1.29, 1.82) is 0 Å². The highest BCUT2D eigenvalue weighted by molar-refractivity contribution is 5.76. The molecule has 0 unspecified atom stereocenters. The zero-order chi connectivity index (χ0) is 13.0. The van der Waals surface area contributed by atoms with Crippen molar-refractivity contribution >= 4 is 6.08 Å². The van der Waals surface area contributed by atoms with Crippen LogP contribution in [0, 0.1) is 0 Å². The van der Waals surface area contributed by atoms with Gasteiger partial charge in [0.05, 0.1) is 14.2 Å². The molecule has 2 rings (SSSR count). The quantitative estimate of drug-likeness (QED) is 0.803. The summed E-state index contributed by atoms with van der Waals surface area (Å²) in [5, 5.41) is 0. The van der Waals surface area contributed by atoms with Crippen molar-refractivity contribution < 1.29 is 9.47 Å². The van der Waals surface area contributed by atoms with Gasteiger partial charge in [-0.2, -0.15) is 0 Å². The summed E-state index contributed by atoms with van der Waals surface area (Å²) in [6, 6.07) is 13.9. The summed E-state index contributed by atoms with van der Waals surface area (Å²) in [6.45, 7) is 3.85. The largest absolute Gasteiger partial charge is 0.497 e. The Kier molecular flexibility index (Phi) is 3.68. The van der Waals surface area contributed by atoms with E-state index in [0.717, 1.165) is 28.2 Å². The standard InChI is InChI=1S/C16H16O2/c1-4-12-11-15(18-3)9-10-16(12)13-5-7-14(17-2)8-6-13/h4-11H,1H2,2-3H3. The average molecular weight is 240 g/mol. The molecule has 92 valence electrons. The van der Waals surface area contributed by atoms with Gasteiger partial charge < -0.3 is 9.47 Å². The summed E-state index contributed by atoms with van der Waals surface area (Å²) in [5.74, 6) is 1.69. The van der Waals surface area contributed by atoms with Crippen LogP contribution >= 0.6 is 0 Å². The predicted molar refractivity (Wildman–Crippen MR) is 75.1 cm³/mol. The van der Waals surface area contributed by atoms with Crippen molar-refractivity contribution in [2.75, 3.05) is 14.2 Å². The van der Waals surface area contributed by atoms with E-state index in [1.54, 1.807) is 14.2 Å². The molecule has 0 N–H and O–H groups in total. The Morgan fingerprint density at radius 3 is 2.06 bits per heavy atom. The lowest BCUT2D eigenvalue weighted by Gasteiger charge is -2.09. The highest BCUT2D eigenvalue weighted by Gasteiger charge is 2.04. The second-order valence-corrected chi connectivity index (χ2v) is 3.89. The highest BCUT2D eigenvalue weighted by Crippen LogP contribution is 2.29. The number of rotatable bonds is 4. The first-order chi connectivity index (χ1) is 8.78. The summed E-state index contributed by atoms with van der Waals surface area (Å²) in [4.78, 5) is 0. The van der Waals surface area contributed by atoms with Crippen molar-refractivity contribution in [2.24, 2.45) is 0 Å². The van der Waals surface area contributed by atoms with Gasteiger partial charge in [-0.25, -0.2) is 0 Å². The highest BCUT2D eigenvalue weighted by atomic mass is 16.5. The average Bonchev–Trinajstić information content (AvgIpc) is 2.46. The van der Waals surface area contributed by atoms with Crippen LogP contribution in [-0.2, 0) is 0 Å². The van der Waals surface area contributed by atoms with Crippen LogP contribution in [0.25, 0.3) is 17.2 Å². The smallest absolute Gasteiger partial charge is 0.119 e. The van der Waals surface area contributed by atoms with Gasteiger partial charge in [0.2, 0.25) is 0 Å². The fourth-order valence-corrected chi connectivity index (χ4v) is 1.87. The van der Waals surface area contributed by atoms with Crippen molar-refractivity contribution in [1.82, 2.24) is 0 Å². The van der Waals surface area contributed by atoms with E-state index in [-0.39, 0.29) is 0 Å². The molecular formula is C16H16O2. The molecule has 2 nitrogen and oxygen atoms in total. The van der Waals surface area contributed by atoms with E-state index in [2.05, 4.69) is 6.58 Å². The van der Waals surface area contributed by atoms with Crippen molar-refractivity contribution in [3.05, 3.63) is 54.6 Å². The van der Waals surface area contributed by atoms with Crippen LogP contribution in [0.2, 0.25) is 0 Å². The van der Waals surface area contributed by atoms with Gasteiger partial charge in [0.15, 0.2) is 0 Å². The molecular weight excluding hydrogens is 224 g/mol. The molecule has 2 aromatic carbocycles. The number of ether oxygens (including phenoxy) is 2. The summed E-state index contributed by atoms with van der Waals surface area (Å²) in [5.41, 5.74) is 3.32.